The maximum Gasteiger partial charge on any atom is 0.317 e. The van der Waals surface area contributed by atoms with Crippen molar-refractivity contribution in [2.24, 2.45) is 0 Å². The third kappa shape index (κ3) is 6.65. The van der Waals surface area contributed by atoms with E-state index in [1.807, 2.05) is 0 Å². The lowest BCUT2D eigenvalue weighted by atomic mass is 10.1. The largest absolute Gasteiger partial charge is 0.507 e. The van der Waals surface area contributed by atoms with Crippen molar-refractivity contribution >= 4 is 5.97 Å². The van der Waals surface area contributed by atoms with Crippen molar-refractivity contribution in [2.75, 3.05) is 19.7 Å². The van der Waals surface area contributed by atoms with Crippen LogP contribution in [0, 0.1) is 7.05 Å². The molecule has 6 N–H and O–H groups in total. The van der Waals surface area contributed by atoms with Crippen LogP contribution in [0.2, 0.25) is 0 Å². The molecule has 0 saturated carbocycles. The number of phenols is 2. The molecule has 0 bridgehead atoms. The molecule has 0 amide bonds. The number of hydrogen-bond acceptors (Lipinski definition) is 8. The average Bonchev–Trinajstić information content (AvgIpc) is 2.74. The van der Waals surface area contributed by atoms with E-state index in [2.05, 4.69) is 0 Å². The van der Waals surface area contributed by atoms with Gasteiger partial charge in [0.2, 0.25) is 0 Å². The monoisotopic (exact) mass is 432 g/mol. The quantitative estimate of drug-likeness (QED) is 0.264. The van der Waals surface area contributed by atoms with Crippen molar-refractivity contribution in [1.82, 2.24) is 9.80 Å². The highest BCUT2D eigenvalue weighted by Gasteiger charge is 2.24. The summed E-state index contributed by atoms with van der Waals surface area (Å²) in [6.07, 6.45) is 0. The van der Waals surface area contributed by atoms with Gasteiger partial charge in [-0.15, -0.1) is 0 Å². The first kappa shape index (κ1) is 24.6. The Morgan fingerprint density at radius 1 is 0.871 bits per heavy atom. The van der Waals surface area contributed by atoms with Gasteiger partial charge in [0.15, 0.2) is 0 Å². The van der Waals surface area contributed by atoms with Crippen LogP contribution in [0.1, 0.15) is 22.3 Å². The Bertz CT molecular complexity index is 875. The van der Waals surface area contributed by atoms with Gasteiger partial charge >= 0.3 is 5.97 Å². The molecule has 0 heterocycles. The molecule has 1 unspecified atom stereocenters. The lowest BCUT2D eigenvalue weighted by Crippen LogP contribution is -2.46. The van der Waals surface area contributed by atoms with Gasteiger partial charge in [-0.05, 0) is 0 Å². The van der Waals surface area contributed by atoms with Crippen LogP contribution < -0.4 is 0 Å². The number of aromatic hydroxyl groups is 2. The molecule has 9 nitrogen and oxygen atoms in total. The van der Waals surface area contributed by atoms with Gasteiger partial charge in [-0.1, -0.05) is 36.4 Å². The minimum atomic E-state index is -1.12. The second kappa shape index (κ2) is 11.6. The molecule has 0 spiro atoms. The number of aliphatic carboxylic acids is 1. The molecule has 9 heteroatoms. The van der Waals surface area contributed by atoms with Crippen LogP contribution in [0.5, 0.6) is 11.5 Å². The predicted octanol–water partition coefficient (Wildman–Crippen LogP) is 0.501. The molecule has 168 valence electrons. The summed E-state index contributed by atoms with van der Waals surface area (Å²) in [4.78, 5) is 14.2. The first-order chi connectivity index (χ1) is 14.8. The Kier molecular flexibility index (Phi) is 9.22. The number of aliphatic hydroxyl groups is 3. The number of hydrogen-bond donors (Lipinski definition) is 6. The zero-order valence-electron chi connectivity index (χ0n) is 17.1. The Labute approximate surface area is 181 Å². The van der Waals surface area contributed by atoms with E-state index in [9.17, 15) is 35.4 Å². The number of carboxylic acids is 1. The summed E-state index contributed by atoms with van der Waals surface area (Å²) in [5.74, 6) is -1.32. The van der Waals surface area contributed by atoms with E-state index < -0.39 is 25.2 Å². The number of nitrogens with zero attached hydrogens (tertiary/aromatic N) is 2. The molecule has 0 aliphatic carbocycles. The van der Waals surface area contributed by atoms with Crippen LogP contribution >= 0.6 is 0 Å². The fourth-order valence-electron chi connectivity index (χ4n) is 3.35. The first-order valence-electron chi connectivity index (χ1n) is 9.68. The highest BCUT2D eigenvalue weighted by molar-refractivity contribution is 5.69. The van der Waals surface area contributed by atoms with Gasteiger partial charge in [-0.25, -0.2) is 0 Å². The summed E-state index contributed by atoms with van der Waals surface area (Å²) in [7, 11) is 6.07. The van der Waals surface area contributed by atoms with Crippen LogP contribution in [-0.2, 0) is 31.1 Å². The number of benzene rings is 2. The Morgan fingerprint density at radius 2 is 1.35 bits per heavy atom. The molecule has 1 atom stereocenters. The zero-order valence-corrected chi connectivity index (χ0v) is 17.1. The summed E-state index contributed by atoms with van der Waals surface area (Å²) in [5, 5.41) is 58.3. The van der Waals surface area contributed by atoms with Gasteiger partial charge < -0.3 is 30.6 Å². The first-order valence-corrected chi connectivity index (χ1v) is 9.68. The van der Waals surface area contributed by atoms with E-state index in [0.29, 0.717) is 22.3 Å². The summed E-state index contributed by atoms with van der Waals surface area (Å²) in [5.41, 5.74) is 1.55. The van der Waals surface area contributed by atoms with Crippen molar-refractivity contribution < 1.29 is 35.4 Å². The third-order valence-corrected chi connectivity index (χ3v) is 5.00. The van der Waals surface area contributed by atoms with E-state index in [1.165, 1.54) is 9.80 Å². The average molecular weight is 432 g/mol. The van der Waals surface area contributed by atoms with Gasteiger partial charge in [0, 0.05) is 55.0 Å². The lowest BCUT2D eigenvalue weighted by Gasteiger charge is -2.32. The maximum absolute atomic E-state index is 11.4. The molecule has 31 heavy (non-hydrogen) atoms. The van der Waals surface area contributed by atoms with Crippen LogP contribution in [0.25, 0.3) is 0 Å². The fraction of sp³-hybridized carbons (Fsp3) is 0.364. The predicted molar refractivity (Wildman–Crippen MR) is 112 cm³/mol. The normalized spacial score (nSPS) is 12.5. The molecule has 2 rings (SSSR count). The van der Waals surface area contributed by atoms with Crippen molar-refractivity contribution in [3.8, 4) is 11.5 Å². The summed E-state index contributed by atoms with van der Waals surface area (Å²) in [6.45, 7) is -1.33. The van der Waals surface area contributed by atoms with Crippen LogP contribution in [-0.4, -0.2) is 72.1 Å². The zero-order chi connectivity index (χ0) is 23.0. The Balaban J connectivity index is 2.18. The highest BCUT2D eigenvalue weighted by atomic mass is 16.4. The summed E-state index contributed by atoms with van der Waals surface area (Å²) in [6, 6.07) is 9.01. The number of para-hydroxylation sites is 2. The minimum absolute atomic E-state index is 0.0102. The number of rotatable bonds is 12. The minimum Gasteiger partial charge on any atom is -0.507 e. The SMILES string of the molecule is [CH]N(Cc1cccc(CO)c1O)CC(CO)N(CC(=O)O)Cc1cccc(CO)c1O. The van der Waals surface area contributed by atoms with E-state index in [4.69, 9.17) is 7.05 Å². The number of carboxylic acid groups (broad SMARTS) is 1. The molecular weight excluding hydrogens is 404 g/mol. The second-order valence-corrected chi connectivity index (χ2v) is 7.23. The van der Waals surface area contributed by atoms with Crippen molar-refractivity contribution in [3.05, 3.63) is 65.7 Å². The van der Waals surface area contributed by atoms with E-state index >= 15 is 0 Å². The molecule has 0 fully saturated rings. The van der Waals surface area contributed by atoms with Crippen molar-refractivity contribution in [3.63, 3.8) is 0 Å². The summed E-state index contributed by atoms with van der Waals surface area (Å²) >= 11 is 0. The van der Waals surface area contributed by atoms with Gasteiger partial charge in [-0.2, -0.15) is 0 Å². The van der Waals surface area contributed by atoms with E-state index in [-0.39, 0.29) is 44.3 Å². The standard InChI is InChI=1S/C22H28N2O7/c1-23(8-15-4-2-6-17(12-25)21(15)30)10-19(14-27)24(11-20(28)29)9-16-5-3-7-18(13-26)22(16)31/h1-7,19,25-27,30-31H,8-14H2,(H,28,29). The molecule has 0 aromatic heterocycles. The highest BCUT2D eigenvalue weighted by Crippen LogP contribution is 2.26. The second-order valence-electron chi connectivity index (χ2n) is 7.23. The van der Waals surface area contributed by atoms with Crippen LogP contribution in [0.4, 0.5) is 0 Å². The maximum atomic E-state index is 11.4. The number of carbonyl (C=O) groups is 1. The van der Waals surface area contributed by atoms with Gasteiger partial charge in [0.25, 0.3) is 0 Å². The molecule has 0 aliphatic rings. The lowest BCUT2D eigenvalue weighted by molar-refractivity contribution is -0.139. The Morgan fingerprint density at radius 3 is 1.81 bits per heavy atom. The smallest absolute Gasteiger partial charge is 0.317 e. The Hall–Kier alpha value is -2.69. The van der Waals surface area contributed by atoms with E-state index in [0.717, 1.165) is 0 Å². The molecule has 2 aromatic rings. The summed E-state index contributed by atoms with van der Waals surface area (Å²) < 4.78 is 0. The number of aliphatic hydroxyl groups excluding tert-OH is 3. The third-order valence-electron chi connectivity index (χ3n) is 5.00. The molecule has 2 aromatic carbocycles. The fourth-order valence-corrected chi connectivity index (χ4v) is 3.35. The van der Waals surface area contributed by atoms with Crippen LogP contribution in [0.15, 0.2) is 36.4 Å². The molecule has 2 radical (unpaired) electrons. The molecular formula is C22H28N2O7. The van der Waals surface area contributed by atoms with Crippen molar-refractivity contribution in [2.45, 2.75) is 32.3 Å². The van der Waals surface area contributed by atoms with Gasteiger partial charge in [0.05, 0.1) is 26.4 Å². The van der Waals surface area contributed by atoms with Gasteiger partial charge in [-0.3, -0.25) is 14.6 Å². The van der Waals surface area contributed by atoms with Gasteiger partial charge in [0.1, 0.15) is 11.5 Å². The molecule has 0 saturated heterocycles. The molecule has 0 aliphatic heterocycles. The van der Waals surface area contributed by atoms with Crippen LogP contribution in [0.3, 0.4) is 0 Å². The van der Waals surface area contributed by atoms with Crippen molar-refractivity contribution in [1.29, 1.82) is 0 Å². The van der Waals surface area contributed by atoms with E-state index in [1.54, 1.807) is 36.4 Å². The topological polar surface area (TPSA) is 145 Å².